The van der Waals surface area contributed by atoms with Gasteiger partial charge in [0.2, 0.25) is 0 Å². The van der Waals surface area contributed by atoms with Gasteiger partial charge in [-0.2, -0.15) is 0 Å². The summed E-state index contributed by atoms with van der Waals surface area (Å²) in [4.78, 5) is 30.7. The molecule has 0 unspecified atom stereocenters. The van der Waals surface area contributed by atoms with E-state index >= 15 is 0 Å². The van der Waals surface area contributed by atoms with Gasteiger partial charge in [-0.25, -0.2) is 4.98 Å². The van der Waals surface area contributed by atoms with Gasteiger partial charge >= 0.3 is 5.97 Å². The number of rotatable bonds is 3. The molecular weight excluding hydrogens is 288 g/mol. The van der Waals surface area contributed by atoms with Crippen molar-refractivity contribution in [3.05, 3.63) is 27.1 Å². The molecule has 1 fully saturated rings. The van der Waals surface area contributed by atoms with Crippen molar-refractivity contribution < 1.29 is 9.53 Å². The first kappa shape index (κ1) is 14.3. The summed E-state index contributed by atoms with van der Waals surface area (Å²) in [5.74, 6) is 0.206. The molecule has 0 N–H and O–H groups in total. The van der Waals surface area contributed by atoms with Crippen molar-refractivity contribution in [3.63, 3.8) is 0 Å². The van der Waals surface area contributed by atoms with E-state index in [1.54, 1.807) is 6.92 Å². The van der Waals surface area contributed by atoms with Crippen molar-refractivity contribution in [1.29, 1.82) is 0 Å². The number of ether oxygens (including phenoxy) is 1. The molecule has 0 bridgehead atoms. The SMILES string of the molecule is Cc1cc2c(=O)n(CC(=O)OC3CCCC3)c(C)nc2s1. The molecule has 0 spiro atoms. The number of carbonyl (C=O) groups is 1. The van der Waals surface area contributed by atoms with Gasteiger partial charge in [-0.05, 0) is 45.6 Å². The van der Waals surface area contributed by atoms with E-state index in [0.29, 0.717) is 11.2 Å². The minimum absolute atomic E-state index is 0.0218. The van der Waals surface area contributed by atoms with Crippen molar-refractivity contribution in [3.8, 4) is 0 Å². The lowest BCUT2D eigenvalue weighted by Crippen LogP contribution is -2.29. The van der Waals surface area contributed by atoms with Gasteiger partial charge in [0, 0.05) is 4.88 Å². The van der Waals surface area contributed by atoms with Crippen molar-refractivity contribution in [2.75, 3.05) is 0 Å². The first-order valence-corrected chi connectivity index (χ1v) is 8.03. The van der Waals surface area contributed by atoms with Crippen LogP contribution >= 0.6 is 11.3 Å². The normalized spacial score (nSPS) is 15.7. The van der Waals surface area contributed by atoms with Crippen LogP contribution in [0, 0.1) is 13.8 Å². The zero-order valence-corrected chi connectivity index (χ0v) is 13.0. The third kappa shape index (κ3) is 2.85. The van der Waals surface area contributed by atoms with E-state index in [-0.39, 0.29) is 24.2 Å². The number of carbonyl (C=O) groups excluding carboxylic acids is 1. The van der Waals surface area contributed by atoms with Crippen LogP contribution in [0.1, 0.15) is 36.4 Å². The Morgan fingerprint density at radius 2 is 2.14 bits per heavy atom. The number of aryl methyl sites for hydroxylation is 2. The summed E-state index contributed by atoms with van der Waals surface area (Å²) in [7, 11) is 0. The van der Waals surface area contributed by atoms with E-state index in [0.717, 1.165) is 35.4 Å². The Kier molecular flexibility index (Phi) is 3.80. The second-order valence-electron chi connectivity index (χ2n) is 5.52. The van der Waals surface area contributed by atoms with Crippen LogP contribution in [0.2, 0.25) is 0 Å². The van der Waals surface area contributed by atoms with Crippen molar-refractivity contribution in [1.82, 2.24) is 9.55 Å². The molecule has 2 aromatic heterocycles. The number of aromatic nitrogens is 2. The molecule has 2 heterocycles. The molecule has 3 rings (SSSR count). The van der Waals surface area contributed by atoms with Crippen LogP contribution in [0.3, 0.4) is 0 Å². The van der Waals surface area contributed by atoms with Gasteiger partial charge in [-0.15, -0.1) is 11.3 Å². The molecule has 1 aliphatic rings. The largest absolute Gasteiger partial charge is 0.461 e. The summed E-state index contributed by atoms with van der Waals surface area (Å²) in [6.07, 6.45) is 4.10. The second-order valence-corrected chi connectivity index (χ2v) is 6.76. The molecule has 0 atom stereocenters. The summed E-state index contributed by atoms with van der Waals surface area (Å²) < 4.78 is 6.83. The molecule has 0 radical (unpaired) electrons. The Morgan fingerprint density at radius 3 is 2.86 bits per heavy atom. The zero-order valence-electron chi connectivity index (χ0n) is 12.2. The van der Waals surface area contributed by atoms with E-state index < -0.39 is 0 Å². The van der Waals surface area contributed by atoms with E-state index in [9.17, 15) is 9.59 Å². The number of thiophene rings is 1. The van der Waals surface area contributed by atoms with Gasteiger partial charge in [0.05, 0.1) is 5.39 Å². The standard InChI is InChI=1S/C15H18N2O3S/c1-9-7-12-14(21-9)16-10(2)17(15(12)19)8-13(18)20-11-5-3-4-6-11/h7,11H,3-6,8H2,1-2H3. The van der Waals surface area contributed by atoms with Crippen LogP contribution in [-0.4, -0.2) is 21.6 Å². The van der Waals surface area contributed by atoms with Crippen molar-refractivity contribution >= 4 is 27.5 Å². The summed E-state index contributed by atoms with van der Waals surface area (Å²) in [5, 5.41) is 0.580. The lowest BCUT2D eigenvalue weighted by atomic mass is 10.3. The maximum atomic E-state index is 12.5. The third-order valence-electron chi connectivity index (χ3n) is 3.85. The molecular formula is C15H18N2O3S. The maximum absolute atomic E-state index is 12.5. The molecule has 112 valence electrons. The predicted molar refractivity (Wildman–Crippen MR) is 81.7 cm³/mol. The number of nitrogens with zero attached hydrogens (tertiary/aromatic N) is 2. The van der Waals surface area contributed by atoms with E-state index in [1.165, 1.54) is 15.9 Å². The topological polar surface area (TPSA) is 61.2 Å². The van der Waals surface area contributed by atoms with E-state index in [2.05, 4.69) is 4.98 Å². The smallest absolute Gasteiger partial charge is 0.326 e. The first-order chi connectivity index (χ1) is 10.0. The quantitative estimate of drug-likeness (QED) is 0.818. The highest BCUT2D eigenvalue weighted by atomic mass is 32.1. The second kappa shape index (κ2) is 5.60. The molecule has 0 saturated heterocycles. The van der Waals surface area contributed by atoms with Crippen molar-refractivity contribution in [2.45, 2.75) is 52.2 Å². The molecule has 2 aromatic rings. The third-order valence-corrected chi connectivity index (χ3v) is 4.80. The van der Waals surface area contributed by atoms with Crippen LogP contribution < -0.4 is 5.56 Å². The van der Waals surface area contributed by atoms with Gasteiger partial charge in [0.25, 0.3) is 5.56 Å². The summed E-state index contributed by atoms with van der Waals surface area (Å²) in [6.45, 7) is 3.64. The lowest BCUT2D eigenvalue weighted by Gasteiger charge is -2.13. The zero-order chi connectivity index (χ0) is 15.0. The fourth-order valence-electron chi connectivity index (χ4n) is 2.78. The molecule has 6 heteroatoms. The van der Waals surface area contributed by atoms with Crippen LogP contribution in [-0.2, 0) is 16.1 Å². The summed E-state index contributed by atoms with van der Waals surface area (Å²) in [5.41, 5.74) is -0.162. The minimum Gasteiger partial charge on any atom is -0.461 e. The average Bonchev–Trinajstić information content (AvgIpc) is 3.04. The predicted octanol–water partition coefficient (Wildman–Crippen LogP) is 2.56. The Morgan fingerprint density at radius 1 is 1.43 bits per heavy atom. The van der Waals surface area contributed by atoms with Crippen LogP contribution in [0.5, 0.6) is 0 Å². The average molecular weight is 306 g/mol. The molecule has 1 saturated carbocycles. The minimum atomic E-state index is -0.347. The molecule has 0 aliphatic heterocycles. The molecule has 0 amide bonds. The summed E-state index contributed by atoms with van der Waals surface area (Å²) >= 11 is 1.49. The number of esters is 1. The van der Waals surface area contributed by atoms with Gasteiger partial charge in [-0.3, -0.25) is 14.2 Å². The van der Waals surface area contributed by atoms with Crippen molar-refractivity contribution in [2.24, 2.45) is 0 Å². The fourth-order valence-corrected chi connectivity index (χ4v) is 3.70. The highest BCUT2D eigenvalue weighted by Gasteiger charge is 2.20. The monoisotopic (exact) mass is 306 g/mol. The first-order valence-electron chi connectivity index (χ1n) is 7.21. The molecule has 21 heavy (non-hydrogen) atoms. The molecule has 0 aromatic carbocycles. The number of hydrogen-bond acceptors (Lipinski definition) is 5. The Balaban J connectivity index is 1.85. The van der Waals surface area contributed by atoms with Crippen LogP contribution in [0.25, 0.3) is 10.2 Å². The van der Waals surface area contributed by atoms with Crippen LogP contribution in [0.4, 0.5) is 0 Å². The van der Waals surface area contributed by atoms with Gasteiger partial charge < -0.3 is 4.74 Å². The molecule has 1 aliphatic carbocycles. The highest BCUT2D eigenvalue weighted by Crippen LogP contribution is 2.22. The van der Waals surface area contributed by atoms with Crippen LogP contribution in [0.15, 0.2) is 10.9 Å². The highest BCUT2D eigenvalue weighted by molar-refractivity contribution is 7.18. The molecule has 5 nitrogen and oxygen atoms in total. The van der Waals surface area contributed by atoms with Gasteiger partial charge in [0.1, 0.15) is 23.3 Å². The van der Waals surface area contributed by atoms with E-state index in [4.69, 9.17) is 4.74 Å². The number of fused-ring (bicyclic) bond motifs is 1. The maximum Gasteiger partial charge on any atom is 0.326 e. The Bertz CT molecular complexity index is 741. The Labute approximate surface area is 126 Å². The van der Waals surface area contributed by atoms with Gasteiger partial charge in [-0.1, -0.05) is 0 Å². The fraction of sp³-hybridized carbons (Fsp3) is 0.533. The lowest BCUT2D eigenvalue weighted by molar-refractivity contribution is -0.149. The number of hydrogen-bond donors (Lipinski definition) is 0. The Hall–Kier alpha value is -1.69. The van der Waals surface area contributed by atoms with Gasteiger partial charge in [0.15, 0.2) is 0 Å². The van der Waals surface area contributed by atoms with E-state index in [1.807, 2.05) is 13.0 Å². The summed E-state index contributed by atoms with van der Waals surface area (Å²) in [6, 6.07) is 1.83.